The molecule has 1 unspecified atom stereocenters. The second kappa shape index (κ2) is 8.87. The first-order valence-electron chi connectivity index (χ1n) is 9.58. The van der Waals surface area contributed by atoms with Gasteiger partial charge in [0, 0.05) is 5.92 Å². The van der Waals surface area contributed by atoms with E-state index >= 15 is 0 Å². The molecule has 1 atom stereocenters. The van der Waals surface area contributed by atoms with Crippen LogP contribution in [0, 0.1) is 5.92 Å². The monoisotopic (exact) mass is 536 g/mol. The molecule has 0 radical (unpaired) electrons. The molecule has 0 saturated heterocycles. The third kappa shape index (κ3) is 5.37. The van der Waals surface area contributed by atoms with Crippen LogP contribution in [-0.4, -0.2) is 0 Å². The quantitative estimate of drug-likeness (QED) is 0.274. The fourth-order valence-corrected chi connectivity index (χ4v) is 6.73. The number of hydrogen-bond acceptors (Lipinski definition) is 0. The van der Waals surface area contributed by atoms with E-state index < -0.39 is 71.4 Å². The van der Waals surface area contributed by atoms with Crippen LogP contribution in [0.2, 0.25) is 0 Å². The Balaban J connectivity index is 2.51. The normalized spacial score (nSPS) is 17.3. The predicted octanol–water partition coefficient (Wildman–Crippen LogP) is 8.28. The molecule has 0 heterocycles. The maximum atomic E-state index is 14.0. The van der Waals surface area contributed by atoms with Crippen molar-refractivity contribution in [1.29, 1.82) is 0 Å². The van der Waals surface area contributed by atoms with Gasteiger partial charge in [0.15, 0.2) is 0 Å². The minimum Gasteiger partial charge on any atom is -0.166 e. The van der Waals surface area contributed by atoms with Crippen LogP contribution in [0.1, 0.15) is 29.2 Å². The zero-order chi connectivity index (χ0) is 26.6. The summed E-state index contributed by atoms with van der Waals surface area (Å²) in [6.45, 7) is 1.37. The summed E-state index contributed by atoms with van der Waals surface area (Å²) < 4.78 is 165. The zero-order valence-electron chi connectivity index (χ0n) is 17.3. The minimum absolute atomic E-state index is 0.126. The lowest BCUT2D eigenvalue weighted by atomic mass is 10.1. The summed E-state index contributed by atoms with van der Waals surface area (Å²) in [5.74, 6) is -0.840. The van der Waals surface area contributed by atoms with Gasteiger partial charge in [0.05, 0.1) is 22.3 Å². The van der Waals surface area contributed by atoms with Crippen LogP contribution >= 0.6 is 7.92 Å². The van der Waals surface area contributed by atoms with Crippen molar-refractivity contribution in [3.63, 3.8) is 0 Å². The molecule has 1 aliphatic rings. The maximum absolute atomic E-state index is 14.0. The molecule has 13 heteroatoms. The van der Waals surface area contributed by atoms with Crippen molar-refractivity contribution in [1.82, 2.24) is 0 Å². The fraction of sp³-hybridized carbons (Fsp3) is 0.273. The minimum atomic E-state index is -5.67. The number of alkyl halides is 12. The van der Waals surface area contributed by atoms with Crippen molar-refractivity contribution >= 4 is 18.5 Å². The molecule has 0 fully saturated rings. The van der Waals surface area contributed by atoms with Crippen LogP contribution in [0.5, 0.6) is 0 Å². The van der Waals surface area contributed by atoms with Crippen LogP contribution in [0.3, 0.4) is 0 Å². The summed E-state index contributed by atoms with van der Waals surface area (Å²) >= 11 is 0. The second-order valence-corrected chi connectivity index (χ2v) is 9.64. The van der Waals surface area contributed by atoms with Crippen molar-refractivity contribution in [2.24, 2.45) is 5.92 Å². The highest BCUT2D eigenvalue weighted by Crippen LogP contribution is 2.55. The molecule has 0 aliphatic heterocycles. The van der Waals surface area contributed by atoms with Crippen LogP contribution in [-0.2, 0) is 24.7 Å². The Labute approximate surface area is 191 Å². The third-order valence-corrected chi connectivity index (χ3v) is 7.92. The van der Waals surface area contributed by atoms with Crippen molar-refractivity contribution in [3.05, 3.63) is 82.2 Å². The van der Waals surface area contributed by atoms with Crippen LogP contribution < -0.4 is 10.6 Å². The predicted molar refractivity (Wildman–Crippen MR) is 105 cm³/mol. The van der Waals surface area contributed by atoms with Gasteiger partial charge in [-0.3, -0.25) is 0 Å². The number of hydrogen-bond donors (Lipinski definition) is 0. The molecule has 0 amide bonds. The van der Waals surface area contributed by atoms with E-state index in [0.717, 1.165) is 6.08 Å². The van der Waals surface area contributed by atoms with Gasteiger partial charge in [-0.05, 0) is 36.0 Å². The van der Waals surface area contributed by atoms with E-state index in [9.17, 15) is 52.7 Å². The first-order chi connectivity index (χ1) is 15.8. The van der Waals surface area contributed by atoms with Gasteiger partial charge in [0.25, 0.3) is 0 Å². The Bertz CT molecular complexity index is 1090. The molecular formula is C22H13F12P. The highest BCUT2D eigenvalue weighted by molar-refractivity contribution is 7.77. The lowest BCUT2D eigenvalue weighted by molar-refractivity contribution is -0.161. The Morgan fingerprint density at radius 1 is 0.600 bits per heavy atom. The Morgan fingerprint density at radius 3 is 1.29 bits per heavy atom. The lowest BCUT2D eigenvalue weighted by Crippen LogP contribution is -2.32. The van der Waals surface area contributed by atoms with Gasteiger partial charge in [-0.2, -0.15) is 52.7 Å². The smallest absolute Gasteiger partial charge is 0.166 e. The highest BCUT2D eigenvalue weighted by atomic mass is 31.1. The molecule has 190 valence electrons. The van der Waals surface area contributed by atoms with Crippen molar-refractivity contribution in [2.45, 2.75) is 31.6 Å². The van der Waals surface area contributed by atoms with Crippen LogP contribution in [0.4, 0.5) is 52.7 Å². The average molecular weight is 536 g/mol. The summed E-state index contributed by atoms with van der Waals surface area (Å²) in [6, 6.07) is 2.60. The van der Waals surface area contributed by atoms with E-state index in [0.29, 0.717) is 24.3 Å². The van der Waals surface area contributed by atoms with E-state index in [1.54, 1.807) is 0 Å². The molecule has 0 N–H and O–H groups in total. The van der Waals surface area contributed by atoms with Gasteiger partial charge in [0.2, 0.25) is 0 Å². The Morgan fingerprint density at radius 2 is 1.00 bits per heavy atom. The molecule has 0 bridgehead atoms. The fourth-order valence-electron chi connectivity index (χ4n) is 3.78. The molecule has 0 saturated carbocycles. The molecule has 0 aromatic heterocycles. The molecule has 2 aromatic carbocycles. The summed E-state index contributed by atoms with van der Waals surface area (Å²) in [4.78, 5) is 0. The molecule has 35 heavy (non-hydrogen) atoms. The van der Waals surface area contributed by atoms with Crippen molar-refractivity contribution in [3.8, 4) is 0 Å². The third-order valence-electron chi connectivity index (χ3n) is 5.14. The number of halogens is 12. The molecule has 1 aliphatic carbocycles. The number of benzene rings is 2. The van der Waals surface area contributed by atoms with Gasteiger partial charge >= 0.3 is 24.7 Å². The van der Waals surface area contributed by atoms with Crippen molar-refractivity contribution in [2.75, 3.05) is 0 Å². The van der Waals surface area contributed by atoms with Gasteiger partial charge in [-0.1, -0.05) is 49.4 Å². The Hall–Kier alpha value is -2.49. The zero-order valence-corrected chi connectivity index (χ0v) is 18.2. The lowest BCUT2D eigenvalue weighted by Gasteiger charge is -2.30. The summed E-state index contributed by atoms with van der Waals surface area (Å²) in [6.07, 6.45) is -18.6. The van der Waals surface area contributed by atoms with Crippen LogP contribution in [0.25, 0.3) is 0 Å². The van der Waals surface area contributed by atoms with E-state index in [-0.39, 0.29) is 17.4 Å². The van der Waals surface area contributed by atoms with E-state index in [2.05, 4.69) is 0 Å². The van der Waals surface area contributed by atoms with E-state index in [1.165, 1.54) is 19.1 Å². The van der Waals surface area contributed by atoms with Gasteiger partial charge in [-0.15, -0.1) is 0 Å². The average Bonchev–Trinajstić information content (AvgIpc) is 3.10. The van der Waals surface area contributed by atoms with Gasteiger partial charge in [0.1, 0.15) is 0 Å². The molecule has 0 nitrogen and oxygen atoms in total. The molecule has 3 rings (SSSR count). The largest absolute Gasteiger partial charge is 0.417 e. The molecular weight excluding hydrogens is 523 g/mol. The van der Waals surface area contributed by atoms with Gasteiger partial charge < -0.3 is 0 Å². The highest BCUT2D eigenvalue weighted by Gasteiger charge is 2.49. The SMILES string of the molecule is CC1C=CC=C1P(c1cccc(C(F)(F)F)c1C(F)(F)F)c1cccc(C(F)(F)F)c1C(F)(F)F. The van der Waals surface area contributed by atoms with E-state index in [1.807, 2.05) is 0 Å². The van der Waals surface area contributed by atoms with Crippen molar-refractivity contribution < 1.29 is 52.7 Å². The molecule has 2 aromatic rings. The first-order valence-corrected chi connectivity index (χ1v) is 10.9. The summed E-state index contributed by atoms with van der Waals surface area (Å²) in [7, 11) is -3.13. The molecule has 0 spiro atoms. The maximum Gasteiger partial charge on any atom is 0.417 e. The summed E-state index contributed by atoms with van der Waals surface area (Å²) in [5, 5.41) is -2.50. The standard InChI is InChI=1S/C22H13F12P/c1-11-5-2-8-14(11)35(15-9-3-6-12(19(23,24)25)17(15)21(29,30)31)16-10-4-7-13(20(26,27)28)18(16)22(32,33)34/h2-11H,1H3. The summed E-state index contributed by atoms with van der Waals surface area (Å²) in [5.41, 5.74) is -8.75. The first kappa shape index (κ1) is 27.1. The topological polar surface area (TPSA) is 0 Å². The Kier molecular flexibility index (Phi) is 6.87. The van der Waals surface area contributed by atoms with Gasteiger partial charge in [-0.25, -0.2) is 0 Å². The van der Waals surface area contributed by atoms with Crippen LogP contribution in [0.15, 0.2) is 59.9 Å². The van der Waals surface area contributed by atoms with E-state index in [4.69, 9.17) is 0 Å². The second-order valence-electron chi connectivity index (χ2n) is 7.49. The number of allylic oxidation sites excluding steroid dienone is 4. The number of rotatable bonds is 3.